The van der Waals surface area contributed by atoms with Crippen LogP contribution in [0.2, 0.25) is 0 Å². The summed E-state index contributed by atoms with van der Waals surface area (Å²) >= 11 is 0. The number of carbonyl (C=O) groups excluding carboxylic acids is 7. The van der Waals surface area contributed by atoms with Gasteiger partial charge in [0.15, 0.2) is 5.82 Å². The molecule has 2 heterocycles. The predicted molar refractivity (Wildman–Crippen MR) is 286 cm³/mol. The van der Waals surface area contributed by atoms with Gasteiger partial charge in [-0.15, -0.1) is 0 Å². The molecular formula is C56H74N8O13. The number of ether oxygens (including phenoxy) is 5. The van der Waals surface area contributed by atoms with E-state index in [9.17, 15) is 33.9 Å². The van der Waals surface area contributed by atoms with E-state index in [-0.39, 0.29) is 77.5 Å². The second kappa shape index (κ2) is 24.8. The molecule has 0 saturated carbocycles. The van der Waals surface area contributed by atoms with Gasteiger partial charge < -0.3 is 60.3 Å². The van der Waals surface area contributed by atoms with Gasteiger partial charge in [-0.1, -0.05) is 51.1 Å². The first-order valence-electron chi connectivity index (χ1n) is 25.2. The molecule has 0 aliphatic carbocycles. The molecule has 6 amide bonds. The lowest BCUT2D eigenvalue weighted by molar-refractivity contribution is -0.145. The highest BCUT2D eigenvalue weighted by Gasteiger charge is 2.37. The van der Waals surface area contributed by atoms with Crippen LogP contribution >= 0.6 is 0 Å². The van der Waals surface area contributed by atoms with Crippen LogP contribution < -0.4 is 36.1 Å². The highest BCUT2D eigenvalue weighted by atomic mass is 16.6. The van der Waals surface area contributed by atoms with Gasteiger partial charge in [0.05, 0.1) is 37.7 Å². The molecule has 4 bridgehead atoms. The number of esters is 1. The monoisotopic (exact) mass is 1070 g/mol. The maximum absolute atomic E-state index is 15.2. The van der Waals surface area contributed by atoms with Gasteiger partial charge in [-0.05, 0) is 109 Å². The Bertz CT molecular complexity index is 2830. The van der Waals surface area contributed by atoms with Crippen molar-refractivity contribution < 1.29 is 62.4 Å². The summed E-state index contributed by atoms with van der Waals surface area (Å²) < 4.78 is 27.8. The van der Waals surface area contributed by atoms with Crippen LogP contribution in [0.3, 0.4) is 0 Å². The summed E-state index contributed by atoms with van der Waals surface area (Å²) in [4.78, 5) is 107. The Balaban J connectivity index is 1.62. The highest BCUT2D eigenvalue weighted by molar-refractivity contribution is 6.00. The molecule has 1 aromatic heterocycles. The molecule has 77 heavy (non-hydrogen) atoms. The first-order chi connectivity index (χ1) is 35.9. The zero-order valence-corrected chi connectivity index (χ0v) is 46.7. The van der Waals surface area contributed by atoms with Crippen LogP contribution in [0.5, 0.6) is 17.2 Å². The first kappa shape index (κ1) is 59.9. The maximum atomic E-state index is 15.2. The number of carbonyl (C=O) groups is 7. The molecule has 5 rings (SSSR count). The lowest BCUT2D eigenvalue weighted by Crippen LogP contribution is -2.55. The van der Waals surface area contributed by atoms with Gasteiger partial charge in [-0.3, -0.25) is 19.2 Å². The molecule has 0 spiro atoms. The Hall–Kier alpha value is -7.97. The van der Waals surface area contributed by atoms with E-state index in [1.807, 2.05) is 24.3 Å². The summed E-state index contributed by atoms with van der Waals surface area (Å²) in [5.74, 6) is -3.54. The zero-order chi connectivity index (χ0) is 57.3. The number of methoxy groups -OCH3 is 2. The van der Waals surface area contributed by atoms with Crippen molar-refractivity contribution in [1.29, 1.82) is 0 Å². The van der Waals surface area contributed by atoms with Gasteiger partial charge in [-0.25, -0.2) is 24.4 Å². The van der Waals surface area contributed by atoms with Crippen LogP contribution in [0.25, 0.3) is 22.5 Å². The topological polar surface area (TPSA) is 275 Å². The van der Waals surface area contributed by atoms with E-state index in [0.29, 0.717) is 22.8 Å². The Morgan fingerprint density at radius 2 is 1.36 bits per heavy atom. The molecule has 21 nitrogen and oxygen atoms in total. The number of hydrogen-bond donors (Lipinski definition) is 6. The minimum atomic E-state index is -1.56. The molecule has 0 radical (unpaired) electrons. The third-order valence-corrected chi connectivity index (χ3v) is 12.2. The summed E-state index contributed by atoms with van der Waals surface area (Å²) in [6.07, 6.45) is -1.90. The van der Waals surface area contributed by atoms with E-state index in [1.165, 1.54) is 39.3 Å². The Labute approximate surface area is 449 Å². The van der Waals surface area contributed by atoms with E-state index in [2.05, 4.69) is 57.3 Å². The standard InChI is InChI=1S/C56H74N8O13/c1-30-44(31(2)60-46(59-30)33-16-19-36(20-17-33)54(4,5)6)48(67)62-39(22-23-57-52(71)76-55(7,8)9)50(69)64(13)45-34-18-21-42(75-25-24-58-53(72)77-56(10,11)12)37(26-34)38-27-35(41(65)29-43(38)73-14)28-40(51(70)74-15)63-47(66)32(3)61-49(45)68/h16-21,26-27,29,32,39-40,45,65H,22-25,28H2,1-15H3,(H,57,71)(H,58,72)(H,61,68)(H,62,67)(H,63,66)/t32-,39-,40-,45-/m0/s1. The number of amides is 6. The minimum absolute atomic E-state index is 0.00535. The van der Waals surface area contributed by atoms with Crippen molar-refractivity contribution in [2.24, 2.45) is 0 Å². The fourth-order valence-corrected chi connectivity index (χ4v) is 8.39. The van der Waals surface area contributed by atoms with E-state index >= 15 is 4.79 Å². The molecule has 4 aromatic rings. The second-order valence-electron chi connectivity index (χ2n) is 21.7. The first-order valence-corrected chi connectivity index (χ1v) is 25.2. The average Bonchev–Trinajstić information content (AvgIpc) is 3.33. The average molecular weight is 1070 g/mol. The number of phenols is 1. The summed E-state index contributed by atoms with van der Waals surface area (Å²) in [6, 6.07) is 9.68. The lowest BCUT2D eigenvalue weighted by atomic mass is 9.86. The lowest BCUT2D eigenvalue weighted by Gasteiger charge is -2.33. The number of aryl methyl sites for hydroxylation is 2. The number of fused-ring (bicyclic) bond motifs is 5. The van der Waals surface area contributed by atoms with Gasteiger partial charge >= 0.3 is 18.2 Å². The van der Waals surface area contributed by atoms with Crippen molar-refractivity contribution in [2.45, 2.75) is 137 Å². The Morgan fingerprint density at radius 3 is 1.92 bits per heavy atom. The largest absolute Gasteiger partial charge is 0.508 e. The molecule has 0 saturated heterocycles. The highest BCUT2D eigenvalue weighted by Crippen LogP contribution is 2.42. The number of aromatic nitrogens is 2. The number of aromatic hydroxyl groups is 1. The fourth-order valence-electron chi connectivity index (χ4n) is 8.39. The summed E-state index contributed by atoms with van der Waals surface area (Å²) in [5, 5.41) is 24.7. The van der Waals surface area contributed by atoms with Crippen LogP contribution in [0.1, 0.15) is 120 Å². The van der Waals surface area contributed by atoms with Gasteiger partial charge in [0, 0.05) is 42.8 Å². The normalized spacial score (nSPS) is 16.3. The summed E-state index contributed by atoms with van der Waals surface area (Å²) in [7, 11) is 3.85. The minimum Gasteiger partial charge on any atom is -0.508 e. The number of rotatable bonds is 14. The zero-order valence-electron chi connectivity index (χ0n) is 46.7. The smallest absolute Gasteiger partial charge is 0.407 e. The number of phenolic OH excluding ortho intramolecular Hbond substituents is 1. The Kier molecular flexibility index (Phi) is 19.3. The molecule has 3 aromatic carbocycles. The van der Waals surface area contributed by atoms with Crippen LogP contribution in [0.4, 0.5) is 9.59 Å². The summed E-state index contributed by atoms with van der Waals surface area (Å²) in [5.41, 5.74) is 1.87. The van der Waals surface area contributed by atoms with Gasteiger partial charge in [0.2, 0.25) is 17.7 Å². The summed E-state index contributed by atoms with van der Waals surface area (Å²) in [6.45, 7) is 21.0. The third-order valence-electron chi connectivity index (χ3n) is 12.2. The molecule has 1 aliphatic heterocycles. The molecule has 6 N–H and O–H groups in total. The van der Waals surface area contributed by atoms with E-state index in [1.54, 1.807) is 67.5 Å². The van der Waals surface area contributed by atoms with Crippen LogP contribution in [0, 0.1) is 13.8 Å². The van der Waals surface area contributed by atoms with E-state index < -0.39 is 77.2 Å². The van der Waals surface area contributed by atoms with Crippen LogP contribution in [-0.2, 0) is 45.2 Å². The molecule has 416 valence electrons. The second-order valence-corrected chi connectivity index (χ2v) is 21.7. The number of alkyl carbamates (subject to hydrolysis) is 2. The van der Waals surface area contributed by atoms with E-state index in [4.69, 9.17) is 23.7 Å². The van der Waals surface area contributed by atoms with E-state index in [0.717, 1.165) is 23.1 Å². The number of benzene rings is 3. The van der Waals surface area contributed by atoms with Crippen molar-refractivity contribution in [3.05, 3.63) is 88.2 Å². The maximum Gasteiger partial charge on any atom is 0.407 e. The van der Waals surface area contributed by atoms with Crippen molar-refractivity contribution in [2.75, 3.05) is 41.0 Å². The predicted octanol–water partition coefficient (Wildman–Crippen LogP) is 6.27. The number of likely N-dealkylation sites (N-methyl/N-ethyl adjacent to an activating group) is 1. The van der Waals surface area contributed by atoms with Crippen LogP contribution in [0.15, 0.2) is 54.6 Å². The number of hydrogen-bond acceptors (Lipinski definition) is 15. The van der Waals surface area contributed by atoms with Crippen molar-refractivity contribution >= 4 is 41.8 Å². The SMILES string of the molecule is COC(=O)[C@@H]1Cc2cc(c(OC)cc2O)-c2cc(ccc2OCCNC(=O)OC(C)(C)C)[C@H](N(C)C(=O)[C@H](CCNC(=O)OC(C)(C)C)NC(=O)c2c(C)nc(-c3ccc(C(C)(C)C)cc3)nc2C)C(=O)N[C@@H](C)C(=O)N1. The molecule has 4 atom stereocenters. The van der Waals surface area contributed by atoms with Crippen LogP contribution in [-0.4, -0.2) is 132 Å². The van der Waals surface area contributed by atoms with Gasteiger partial charge in [-0.2, -0.15) is 0 Å². The Morgan fingerprint density at radius 1 is 0.779 bits per heavy atom. The number of nitrogens with zero attached hydrogens (tertiary/aromatic N) is 3. The molecule has 0 unspecified atom stereocenters. The van der Waals surface area contributed by atoms with Crippen molar-refractivity contribution in [3.8, 4) is 39.8 Å². The van der Waals surface area contributed by atoms with Crippen molar-refractivity contribution in [1.82, 2.24) is 41.5 Å². The van der Waals surface area contributed by atoms with Crippen molar-refractivity contribution in [3.63, 3.8) is 0 Å². The van der Waals surface area contributed by atoms with Gasteiger partial charge in [0.1, 0.15) is 59.2 Å². The van der Waals surface area contributed by atoms with Gasteiger partial charge in [0.25, 0.3) is 5.91 Å². The third kappa shape index (κ3) is 16.0. The molecular weight excluding hydrogens is 993 g/mol. The molecule has 1 aliphatic rings. The quantitative estimate of drug-likeness (QED) is 0.0461. The molecule has 0 fully saturated rings. The fraction of sp³-hybridized carbons (Fsp3) is 0.482. The molecule has 21 heteroatoms. The number of nitrogens with one attached hydrogen (secondary N) is 5.